The summed E-state index contributed by atoms with van der Waals surface area (Å²) in [5, 5.41) is 1.20. The maximum absolute atomic E-state index is 5.01. The molecule has 0 radical (unpaired) electrons. The predicted octanol–water partition coefficient (Wildman–Crippen LogP) is 3.65. The number of hydrogen-bond acceptors (Lipinski definition) is 6. The number of piperazine rings is 1. The third-order valence-electron chi connectivity index (χ3n) is 7.55. The van der Waals surface area contributed by atoms with Crippen LogP contribution in [0.3, 0.4) is 0 Å². The third-order valence-corrected chi connectivity index (χ3v) is 7.55. The first kappa shape index (κ1) is 20.1. The number of pyridine rings is 1. The van der Waals surface area contributed by atoms with Crippen LogP contribution in [0.2, 0.25) is 0 Å². The number of fused-ring (bicyclic) bond motifs is 2. The summed E-state index contributed by atoms with van der Waals surface area (Å²) in [4.78, 5) is 22.2. The van der Waals surface area contributed by atoms with E-state index in [2.05, 4.69) is 64.2 Å². The minimum Gasteiger partial charge on any atom is -0.338 e. The van der Waals surface area contributed by atoms with E-state index in [1.54, 1.807) is 0 Å². The summed E-state index contributed by atoms with van der Waals surface area (Å²) < 4.78 is 0. The number of nitrogens with zero attached hydrogens (tertiary/aromatic N) is 6. The molecule has 1 saturated heterocycles. The van der Waals surface area contributed by atoms with Crippen LogP contribution in [0.5, 0.6) is 0 Å². The summed E-state index contributed by atoms with van der Waals surface area (Å²) in [6.07, 6.45) is 7.21. The molecule has 0 N–H and O–H groups in total. The van der Waals surface area contributed by atoms with Crippen LogP contribution in [-0.4, -0.2) is 63.0 Å². The molecule has 0 unspecified atom stereocenters. The highest BCUT2D eigenvalue weighted by Crippen LogP contribution is 2.29. The molecule has 1 atom stereocenters. The molecule has 1 aromatic carbocycles. The Balaban J connectivity index is 1.11. The van der Waals surface area contributed by atoms with E-state index in [1.807, 2.05) is 0 Å². The van der Waals surface area contributed by atoms with Crippen LogP contribution in [0.15, 0.2) is 42.6 Å². The van der Waals surface area contributed by atoms with Gasteiger partial charge in [0.15, 0.2) is 0 Å². The molecule has 32 heavy (non-hydrogen) atoms. The summed E-state index contributed by atoms with van der Waals surface area (Å²) in [6.45, 7) is 8.36. The van der Waals surface area contributed by atoms with Crippen LogP contribution in [0.4, 0.5) is 5.95 Å². The molecule has 6 nitrogen and oxygen atoms in total. The summed E-state index contributed by atoms with van der Waals surface area (Å²) in [7, 11) is 0. The van der Waals surface area contributed by atoms with E-state index in [9.17, 15) is 0 Å². The molecular formula is C26H32N6. The largest absolute Gasteiger partial charge is 0.338 e. The SMILES string of the molecule is C[C@@H]1CN(c2ncc3c(n2)CCN(Cc2ccc4ccccc4n2)C3)CCN1C1CCC1. The van der Waals surface area contributed by atoms with Crippen molar-refractivity contribution in [2.75, 3.05) is 31.1 Å². The van der Waals surface area contributed by atoms with Gasteiger partial charge in [0, 0.05) is 74.9 Å². The van der Waals surface area contributed by atoms with Gasteiger partial charge in [-0.15, -0.1) is 0 Å². The molecule has 166 valence electrons. The average molecular weight is 429 g/mol. The molecule has 2 fully saturated rings. The first-order valence-corrected chi connectivity index (χ1v) is 12.2. The Bertz CT molecular complexity index is 1110. The standard InChI is InChI=1S/C26H32N6/c1-19-16-31(13-14-32(19)23-6-4-7-23)26-27-15-21-17-30(12-11-25(21)29-26)18-22-10-9-20-5-2-3-8-24(20)28-22/h2-3,5,8-10,15,19,23H,4,6-7,11-14,16-18H2,1H3/t19-/m1/s1. The van der Waals surface area contributed by atoms with Crippen LogP contribution in [0, 0.1) is 0 Å². The van der Waals surface area contributed by atoms with Crippen LogP contribution in [-0.2, 0) is 19.5 Å². The van der Waals surface area contributed by atoms with Crippen molar-refractivity contribution in [2.45, 2.75) is 57.8 Å². The normalized spacial score (nSPS) is 22.7. The van der Waals surface area contributed by atoms with Crippen molar-refractivity contribution in [3.8, 4) is 0 Å². The number of anilines is 1. The first-order valence-electron chi connectivity index (χ1n) is 12.2. The Kier molecular flexibility index (Phi) is 5.27. The fourth-order valence-corrected chi connectivity index (χ4v) is 5.49. The van der Waals surface area contributed by atoms with Gasteiger partial charge in [0.05, 0.1) is 16.9 Å². The highest BCUT2D eigenvalue weighted by atomic mass is 15.3. The zero-order valence-electron chi connectivity index (χ0n) is 19.0. The molecule has 2 aromatic heterocycles. The fourth-order valence-electron chi connectivity index (χ4n) is 5.49. The molecule has 1 aliphatic carbocycles. The second-order valence-electron chi connectivity index (χ2n) is 9.72. The number of benzene rings is 1. The maximum atomic E-state index is 5.01. The first-order chi connectivity index (χ1) is 15.7. The molecule has 0 amide bonds. The number of aromatic nitrogens is 3. The average Bonchev–Trinajstić information content (AvgIpc) is 2.79. The maximum Gasteiger partial charge on any atom is 0.225 e. The Hall–Kier alpha value is -2.57. The highest BCUT2D eigenvalue weighted by molar-refractivity contribution is 5.78. The lowest BCUT2D eigenvalue weighted by molar-refractivity contribution is 0.0770. The van der Waals surface area contributed by atoms with Crippen LogP contribution < -0.4 is 4.90 Å². The molecule has 6 heteroatoms. The van der Waals surface area contributed by atoms with E-state index in [-0.39, 0.29) is 0 Å². The van der Waals surface area contributed by atoms with Crippen molar-refractivity contribution in [3.63, 3.8) is 0 Å². The van der Waals surface area contributed by atoms with E-state index in [4.69, 9.17) is 15.0 Å². The van der Waals surface area contributed by atoms with Gasteiger partial charge in [0.2, 0.25) is 5.95 Å². The Morgan fingerprint density at radius 2 is 1.91 bits per heavy atom. The molecule has 3 aliphatic rings. The molecule has 1 saturated carbocycles. The van der Waals surface area contributed by atoms with Gasteiger partial charge >= 0.3 is 0 Å². The van der Waals surface area contributed by atoms with Gasteiger partial charge in [-0.2, -0.15) is 0 Å². The van der Waals surface area contributed by atoms with Crippen molar-refractivity contribution in [2.24, 2.45) is 0 Å². The second-order valence-corrected chi connectivity index (χ2v) is 9.72. The summed E-state index contributed by atoms with van der Waals surface area (Å²) in [6, 6.07) is 14.1. The molecular weight excluding hydrogens is 396 g/mol. The Morgan fingerprint density at radius 3 is 2.75 bits per heavy atom. The van der Waals surface area contributed by atoms with Crippen molar-refractivity contribution >= 4 is 16.9 Å². The number of para-hydroxylation sites is 1. The quantitative estimate of drug-likeness (QED) is 0.632. The molecule has 0 spiro atoms. The smallest absolute Gasteiger partial charge is 0.225 e. The fraction of sp³-hybridized carbons (Fsp3) is 0.500. The lowest BCUT2D eigenvalue weighted by Gasteiger charge is -2.47. The van der Waals surface area contributed by atoms with Gasteiger partial charge in [-0.25, -0.2) is 9.97 Å². The lowest BCUT2D eigenvalue weighted by atomic mass is 9.90. The van der Waals surface area contributed by atoms with Crippen LogP contribution in [0.25, 0.3) is 10.9 Å². The van der Waals surface area contributed by atoms with Crippen molar-refractivity contribution in [3.05, 3.63) is 59.5 Å². The van der Waals surface area contributed by atoms with E-state index < -0.39 is 0 Å². The molecule has 3 aromatic rings. The van der Waals surface area contributed by atoms with E-state index in [0.717, 1.165) is 68.9 Å². The predicted molar refractivity (Wildman–Crippen MR) is 128 cm³/mol. The minimum absolute atomic E-state index is 0.582. The lowest BCUT2D eigenvalue weighted by Crippen LogP contribution is -2.57. The van der Waals surface area contributed by atoms with Gasteiger partial charge in [-0.1, -0.05) is 30.7 Å². The van der Waals surface area contributed by atoms with Crippen molar-refractivity contribution in [1.82, 2.24) is 24.8 Å². The third kappa shape index (κ3) is 3.86. The zero-order chi connectivity index (χ0) is 21.5. The van der Waals surface area contributed by atoms with Gasteiger partial charge in [-0.3, -0.25) is 14.8 Å². The molecule has 2 aliphatic heterocycles. The van der Waals surface area contributed by atoms with Gasteiger partial charge in [0.25, 0.3) is 0 Å². The van der Waals surface area contributed by atoms with Crippen molar-refractivity contribution in [1.29, 1.82) is 0 Å². The van der Waals surface area contributed by atoms with Gasteiger partial charge in [-0.05, 0) is 31.9 Å². The second kappa shape index (κ2) is 8.41. The zero-order valence-corrected chi connectivity index (χ0v) is 19.0. The topological polar surface area (TPSA) is 48.4 Å². The molecule has 6 rings (SSSR count). The monoisotopic (exact) mass is 428 g/mol. The number of rotatable bonds is 4. The number of hydrogen-bond donors (Lipinski definition) is 0. The van der Waals surface area contributed by atoms with E-state index in [1.165, 1.54) is 35.9 Å². The summed E-state index contributed by atoms with van der Waals surface area (Å²) in [5.41, 5.74) is 4.69. The Morgan fingerprint density at radius 1 is 1.00 bits per heavy atom. The van der Waals surface area contributed by atoms with Crippen LogP contribution >= 0.6 is 0 Å². The summed E-state index contributed by atoms with van der Waals surface area (Å²) in [5.74, 6) is 0.925. The van der Waals surface area contributed by atoms with Crippen molar-refractivity contribution < 1.29 is 0 Å². The molecule has 4 heterocycles. The highest BCUT2D eigenvalue weighted by Gasteiger charge is 2.33. The summed E-state index contributed by atoms with van der Waals surface area (Å²) >= 11 is 0. The minimum atomic E-state index is 0.582. The van der Waals surface area contributed by atoms with E-state index >= 15 is 0 Å². The Labute approximate surface area is 190 Å². The van der Waals surface area contributed by atoms with E-state index in [0.29, 0.717) is 6.04 Å². The molecule has 0 bridgehead atoms. The van der Waals surface area contributed by atoms with Gasteiger partial charge < -0.3 is 4.90 Å². The van der Waals surface area contributed by atoms with Gasteiger partial charge in [0.1, 0.15) is 0 Å². The van der Waals surface area contributed by atoms with Crippen LogP contribution in [0.1, 0.15) is 43.1 Å².